The summed E-state index contributed by atoms with van der Waals surface area (Å²) in [6.07, 6.45) is 14.1. The van der Waals surface area contributed by atoms with E-state index < -0.39 is 0 Å². The predicted molar refractivity (Wildman–Crippen MR) is 123 cm³/mol. The molecule has 0 aliphatic rings. The minimum atomic E-state index is 0.133. The largest absolute Gasteiger partial charge is 0.479 e. The van der Waals surface area contributed by atoms with E-state index in [9.17, 15) is 0 Å². The first-order valence-electron chi connectivity index (χ1n) is 10.3. The summed E-state index contributed by atoms with van der Waals surface area (Å²) in [7, 11) is 1.63. The fraction of sp³-hybridized carbons (Fsp3) is 0.261. The molecular formula is C23H27N7O. The molecule has 0 saturated heterocycles. The average Bonchev–Trinajstić information content (AvgIpc) is 3.42. The molecule has 4 rings (SSSR count). The van der Waals surface area contributed by atoms with Crippen molar-refractivity contribution in [3.05, 3.63) is 67.3 Å². The smallest absolute Gasteiger partial charge is 0.244 e. The van der Waals surface area contributed by atoms with Gasteiger partial charge in [-0.1, -0.05) is 19.1 Å². The molecule has 3 N–H and O–H groups in total. The average molecular weight is 418 g/mol. The van der Waals surface area contributed by atoms with Crippen LogP contribution in [-0.4, -0.2) is 37.4 Å². The number of hydrogen-bond donors (Lipinski definition) is 2. The summed E-state index contributed by atoms with van der Waals surface area (Å²) in [6, 6.07) is 8.24. The van der Waals surface area contributed by atoms with Crippen LogP contribution in [0.3, 0.4) is 0 Å². The number of anilines is 1. The number of allylic oxidation sites excluding steroid dienone is 2. The molecule has 0 bridgehead atoms. The summed E-state index contributed by atoms with van der Waals surface area (Å²) >= 11 is 0. The topological polar surface area (TPSA) is 94.8 Å². The molecule has 0 spiro atoms. The molecule has 160 valence electrons. The third-order valence-corrected chi connectivity index (χ3v) is 5.43. The highest BCUT2D eigenvalue weighted by molar-refractivity contribution is 5.85. The van der Waals surface area contributed by atoms with Gasteiger partial charge < -0.3 is 15.8 Å². The van der Waals surface area contributed by atoms with Crippen LogP contribution in [0.4, 0.5) is 5.95 Å². The molecular weight excluding hydrogens is 390 g/mol. The lowest BCUT2D eigenvalue weighted by molar-refractivity contribution is 0.399. The van der Waals surface area contributed by atoms with E-state index in [0.29, 0.717) is 17.7 Å². The van der Waals surface area contributed by atoms with Crippen LogP contribution in [0.15, 0.2) is 67.3 Å². The van der Waals surface area contributed by atoms with Crippen LogP contribution >= 0.6 is 0 Å². The quantitative estimate of drug-likeness (QED) is 0.422. The second-order valence-corrected chi connectivity index (χ2v) is 7.36. The lowest BCUT2D eigenvalue weighted by Gasteiger charge is -2.21. The molecule has 0 amide bonds. The highest BCUT2D eigenvalue weighted by Gasteiger charge is 2.18. The van der Waals surface area contributed by atoms with Crippen molar-refractivity contribution in [2.75, 3.05) is 12.4 Å². The Kier molecular flexibility index (Phi) is 5.88. The molecule has 0 radical (unpaired) electrons. The zero-order valence-electron chi connectivity index (χ0n) is 17.9. The fourth-order valence-electron chi connectivity index (χ4n) is 3.76. The van der Waals surface area contributed by atoms with E-state index >= 15 is 0 Å². The van der Waals surface area contributed by atoms with Gasteiger partial charge in [0.15, 0.2) is 0 Å². The molecule has 2 atom stereocenters. The Morgan fingerprint density at radius 2 is 2.03 bits per heavy atom. The van der Waals surface area contributed by atoms with Gasteiger partial charge in [-0.25, -0.2) is 9.03 Å². The van der Waals surface area contributed by atoms with Gasteiger partial charge in [0.1, 0.15) is 5.52 Å². The molecule has 0 fully saturated rings. The van der Waals surface area contributed by atoms with Crippen molar-refractivity contribution in [1.29, 1.82) is 0 Å². The maximum atomic E-state index is 5.64. The number of pyridine rings is 1. The Balaban J connectivity index is 1.67. The summed E-state index contributed by atoms with van der Waals surface area (Å²) in [5, 5.41) is 12.3. The number of methoxy groups -OCH3 is 1. The highest BCUT2D eigenvalue weighted by Crippen LogP contribution is 2.32. The molecule has 8 nitrogen and oxygen atoms in total. The number of nitrogens with two attached hydrogens (primary N) is 1. The van der Waals surface area contributed by atoms with E-state index in [1.165, 1.54) is 6.20 Å². The molecule has 8 heteroatoms. The molecule has 0 aliphatic heterocycles. The maximum absolute atomic E-state index is 5.64. The Morgan fingerprint density at radius 1 is 1.19 bits per heavy atom. The molecule has 31 heavy (non-hydrogen) atoms. The normalized spacial score (nSPS) is 14.0. The van der Waals surface area contributed by atoms with Gasteiger partial charge in [-0.05, 0) is 61.4 Å². The van der Waals surface area contributed by atoms with Crippen LogP contribution in [0, 0.1) is 5.92 Å². The first-order chi connectivity index (χ1) is 15.1. The number of hydrogen-bond acceptors (Lipinski definition) is 6. The van der Waals surface area contributed by atoms with E-state index in [4.69, 9.17) is 10.5 Å². The first-order valence-corrected chi connectivity index (χ1v) is 10.3. The maximum Gasteiger partial charge on any atom is 0.244 e. The van der Waals surface area contributed by atoms with Crippen LogP contribution in [0.2, 0.25) is 0 Å². The molecule has 4 aromatic heterocycles. The number of rotatable bonds is 8. The van der Waals surface area contributed by atoms with Gasteiger partial charge in [0.25, 0.3) is 0 Å². The van der Waals surface area contributed by atoms with E-state index in [1.54, 1.807) is 13.3 Å². The van der Waals surface area contributed by atoms with Crippen LogP contribution in [0.25, 0.3) is 22.2 Å². The van der Waals surface area contributed by atoms with Gasteiger partial charge in [-0.2, -0.15) is 10.1 Å². The molecule has 4 aromatic rings. The zero-order valence-corrected chi connectivity index (χ0v) is 17.9. The van der Waals surface area contributed by atoms with Gasteiger partial charge in [-0.3, -0.25) is 0 Å². The number of nitrogens with one attached hydrogen (secondary N) is 1. The van der Waals surface area contributed by atoms with Gasteiger partial charge >= 0.3 is 0 Å². The number of aromatic nitrogens is 5. The Bertz CT molecular complexity index is 1240. The third kappa shape index (κ3) is 4.09. The van der Waals surface area contributed by atoms with Crippen LogP contribution in [-0.2, 0) is 0 Å². The summed E-state index contributed by atoms with van der Waals surface area (Å²) < 4.78 is 9.29. The lowest BCUT2D eigenvalue weighted by Crippen LogP contribution is -2.25. The molecule has 1 unspecified atom stereocenters. The summed E-state index contributed by atoms with van der Waals surface area (Å²) in [5.74, 6) is 1.35. The van der Waals surface area contributed by atoms with Crippen LogP contribution in [0.5, 0.6) is 5.88 Å². The van der Waals surface area contributed by atoms with Crippen molar-refractivity contribution in [2.45, 2.75) is 26.3 Å². The van der Waals surface area contributed by atoms with Crippen molar-refractivity contribution in [1.82, 2.24) is 24.2 Å². The van der Waals surface area contributed by atoms with Crippen molar-refractivity contribution >= 4 is 17.0 Å². The van der Waals surface area contributed by atoms with E-state index in [-0.39, 0.29) is 6.04 Å². The van der Waals surface area contributed by atoms with Crippen LogP contribution in [0.1, 0.15) is 20.3 Å². The minimum absolute atomic E-state index is 0.133. The Labute approximate surface area is 181 Å². The van der Waals surface area contributed by atoms with Gasteiger partial charge in [0.05, 0.1) is 12.6 Å². The zero-order chi connectivity index (χ0) is 21.8. The second kappa shape index (κ2) is 8.91. The number of fused-ring (bicyclic) bond motifs is 2. The summed E-state index contributed by atoms with van der Waals surface area (Å²) in [5.41, 5.74) is 9.32. The van der Waals surface area contributed by atoms with Gasteiger partial charge in [0.2, 0.25) is 11.8 Å². The lowest BCUT2D eigenvalue weighted by atomic mass is 9.98. The van der Waals surface area contributed by atoms with Crippen molar-refractivity contribution in [3.63, 3.8) is 0 Å². The summed E-state index contributed by atoms with van der Waals surface area (Å²) in [6.45, 7) is 4.27. The van der Waals surface area contributed by atoms with Gasteiger partial charge in [0, 0.05) is 30.2 Å². The van der Waals surface area contributed by atoms with Crippen molar-refractivity contribution in [3.8, 4) is 17.0 Å². The molecule has 4 heterocycles. The SMILES string of the molecule is CCC(/C=C\C=C/N)[C@H](C)Nc1nc(OC)c2c(-c3ccn4nccc4c3)ccn2n1. The van der Waals surface area contributed by atoms with E-state index in [0.717, 1.165) is 28.6 Å². The predicted octanol–water partition coefficient (Wildman–Crippen LogP) is 3.91. The standard InChI is InChI=1S/C23H27N7O/c1-4-17(7-5-6-11-24)16(2)26-23-27-22(31-3)21-20(10-14-30(21)28-23)18-9-13-29-19(15-18)8-12-25-29/h5-17H,4,24H2,1-3H3,(H,26,28)/b7-5-,11-6-/t16-,17?/m0/s1. The monoisotopic (exact) mass is 417 g/mol. The fourth-order valence-corrected chi connectivity index (χ4v) is 3.76. The highest BCUT2D eigenvalue weighted by atomic mass is 16.5. The first kappa shape index (κ1) is 20.5. The molecule has 0 aliphatic carbocycles. The van der Waals surface area contributed by atoms with Crippen LogP contribution < -0.4 is 15.8 Å². The third-order valence-electron chi connectivity index (χ3n) is 5.43. The van der Waals surface area contributed by atoms with Gasteiger partial charge in [-0.15, -0.1) is 5.10 Å². The second-order valence-electron chi connectivity index (χ2n) is 7.36. The summed E-state index contributed by atoms with van der Waals surface area (Å²) in [4.78, 5) is 4.64. The number of ether oxygens (including phenoxy) is 1. The van der Waals surface area contributed by atoms with E-state index in [1.807, 2.05) is 51.8 Å². The van der Waals surface area contributed by atoms with E-state index in [2.05, 4.69) is 46.5 Å². The Hall–Kier alpha value is -3.81. The van der Waals surface area contributed by atoms with Crippen molar-refractivity contribution in [2.24, 2.45) is 11.7 Å². The number of nitrogens with zero attached hydrogens (tertiary/aromatic N) is 5. The molecule has 0 aromatic carbocycles. The Morgan fingerprint density at radius 3 is 2.81 bits per heavy atom. The molecule has 0 saturated carbocycles. The van der Waals surface area contributed by atoms with Crippen molar-refractivity contribution < 1.29 is 4.74 Å². The minimum Gasteiger partial charge on any atom is -0.479 e.